The van der Waals surface area contributed by atoms with Gasteiger partial charge in [0.1, 0.15) is 18.0 Å². The number of ether oxygens (including phenoxy) is 1. The molecule has 1 aliphatic heterocycles. The van der Waals surface area contributed by atoms with Gasteiger partial charge in [0.05, 0.1) is 6.04 Å². The number of carbonyl (C=O) groups is 1. The summed E-state index contributed by atoms with van der Waals surface area (Å²) in [5, 5.41) is 14.3. The van der Waals surface area contributed by atoms with Crippen molar-refractivity contribution in [3.05, 3.63) is 29.8 Å². The van der Waals surface area contributed by atoms with E-state index in [4.69, 9.17) is 4.74 Å². The van der Waals surface area contributed by atoms with Crippen LogP contribution >= 0.6 is 0 Å². The highest BCUT2D eigenvalue weighted by Crippen LogP contribution is 2.41. The number of aliphatic hydroxyl groups is 1. The molecule has 1 aromatic rings. The van der Waals surface area contributed by atoms with E-state index in [2.05, 4.69) is 26.1 Å². The van der Waals surface area contributed by atoms with E-state index < -0.39 is 5.60 Å². The van der Waals surface area contributed by atoms with E-state index in [1.54, 1.807) is 0 Å². The predicted molar refractivity (Wildman–Crippen MR) is 93.9 cm³/mol. The molecular formula is C20H29NO3. The van der Waals surface area contributed by atoms with Gasteiger partial charge < -0.3 is 15.2 Å². The van der Waals surface area contributed by atoms with Crippen LogP contribution in [0.25, 0.3) is 0 Å². The number of benzene rings is 1. The third-order valence-corrected chi connectivity index (χ3v) is 5.66. The minimum Gasteiger partial charge on any atom is -0.491 e. The topological polar surface area (TPSA) is 58.6 Å². The summed E-state index contributed by atoms with van der Waals surface area (Å²) < 4.78 is 5.76. The zero-order chi connectivity index (χ0) is 17.3. The van der Waals surface area contributed by atoms with Crippen LogP contribution in [0.1, 0.15) is 45.6 Å². The second-order valence-electron chi connectivity index (χ2n) is 7.95. The van der Waals surface area contributed by atoms with Crippen molar-refractivity contribution in [3.63, 3.8) is 0 Å². The van der Waals surface area contributed by atoms with Crippen LogP contribution in [-0.4, -0.2) is 29.3 Å². The number of hydrogen-bond donors (Lipinski definition) is 2. The van der Waals surface area contributed by atoms with E-state index in [0.29, 0.717) is 18.9 Å². The van der Waals surface area contributed by atoms with Gasteiger partial charge in [0, 0.05) is 0 Å². The molecule has 1 aliphatic carbocycles. The van der Waals surface area contributed by atoms with Crippen LogP contribution in [0.4, 0.5) is 0 Å². The fourth-order valence-electron chi connectivity index (χ4n) is 4.36. The lowest BCUT2D eigenvalue weighted by Crippen LogP contribution is -2.59. The maximum atomic E-state index is 12.9. The zero-order valence-electron chi connectivity index (χ0n) is 14.9. The molecule has 4 atom stereocenters. The molecule has 0 radical (unpaired) electrons. The molecular weight excluding hydrogens is 302 g/mol. The van der Waals surface area contributed by atoms with E-state index in [-0.39, 0.29) is 23.8 Å². The molecule has 3 rings (SSSR count). The van der Waals surface area contributed by atoms with Gasteiger partial charge in [0.25, 0.3) is 5.91 Å². The number of nitrogens with one attached hydrogen (secondary N) is 1. The Balaban J connectivity index is 1.71. The van der Waals surface area contributed by atoms with E-state index >= 15 is 0 Å². The molecule has 1 amide bonds. The van der Waals surface area contributed by atoms with Crippen LogP contribution in [-0.2, 0) is 11.2 Å². The van der Waals surface area contributed by atoms with Crippen LogP contribution in [0.15, 0.2) is 24.3 Å². The highest BCUT2D eigenvalue weighted by Gasteiger charge is 2.48. The Morgan fingerprint density at radius 1 is 1.33 bits per heavy atom. The fraction of sp³-hybridized carbons (Fsp3) is 0.650. The molecule has 24 heavy (non-hydrogen) atoms. The van der Waals surface area contributed by atoms with Crippen molar-refractivity contribution in [1.82, 2.24) is 5.32 Å². The van der Waals surface area contributed by atoms with Gasteiger partial charge in [0.2, 0.25) is 0 Å². The first kappa shape index (κ1) is 17.3. The normalized spacial score (nSPS) is 32.8. The summed E-state index contributed by atoms with van der Waals surface area (Å²) in [5.41, 5.74) is -0.151. The van der Waals surface area contributed by atoms with Gasteiger partial charge in [-0.1, -0.05) is 45.4 Å². The minimum atomic E-state index is -1.26. The molecule has 132 valence electrons. The van der Waals surface area contributed by atoms with Crippen LogP contribution in [0.3, 0.4) is 0 Å². The third kappa shape index (κ3) is 3.30. The molecule has 1 heterocycles. The standard InChI is InChI=1S/C20H29NO3/c1-13(2)17-9-8-14(3)11-20(17,23)19(22)21-16-10-15-6-4-5-7-18(15)24-12-16/h4-7,13-14,16-17,23H,8-12H2,1-3H3,(H,21,22)/t14?,16-,17?,20?/m1/s1. The average Bonchev–Trinajstić information content (AvgIpc) is 2.54. The van der Waals surface area contributed by atoms with Gasteiger partial charge in [-0.05, 0) is 48.6 Å². The number of amides is 1. The molecule has 1 fully saturated rings. The second kappa shape index (κ2) is 6.75. The molecule has 0 bridgehead atoms. The summed E-state index contributed by atoms with van der Waals surface area (Å²) in [7, 11) is 0. The number of hydrogen-bond acceptors (Lipinski definition) is 3. The summed E-state index contributed by atoms with van der Waals surface area (Å²) in [6.07, 6.45) is 3.29. The highest BCUT2D eigenvalue weighted by molar-refractivity contribution is 5.85. The lowest BCUT2D eigenvalue weighted by atomic mass is 9.66. The first-order chi connectivity index (χ1) is 11.4. The zero-order valence-corrected chi connectivity index (χ0v) is 14.9. The van der Waals surface area contributed by atoms with Gasteiger partial charge in [-0.15, -0.1) is 0 Å². The van der Waals surface area contributed by atoms with Crippen molar-refractivity contribution in [2.45, 2.75) is 58.1 Å². The second-order valence-corrected chi connectivity index (χ2v) is 7.95. The first-order valence-corrected chi connectivity index (χ1v) is 9.14. The number of carbonyl (C=O) groups excluding carboxylic acids is 1. The summed E-state index contributed by atoms with van der Waals surface area (Å²) >= 11 is 0. The van der Waals surface area contributed by atoms with Gasteiger partial charge in [-0.3, -0.25) is 4.79 Å². The van der Waals surface area contributed by atoms with Crippen molar-refractivity contribution in [2.75, 3.05) is 6.61 Å². The van der Waals surface area contributed by atoms with Crippen molar-refractivity contribution in [1.29, 1.82) is 0 Å². The molecule has 2 aliphatic rings. The van der Waals surface area contributed by atoms with Crippen LogP contribution < -0.4 is 10.1 Å². The minimum absolute atomic E-state index is 0.0190. The van der Waals surface area contributed by atoms with Gasteiger partial charge in [-0.25, -0.2) is 0 Å². The largest absolute Gasteiger partial charge is 0.491 e. The lowest BCUT2D eigenvalue weighted by molar-refractivity contribution is -0.156. The molecule has 4 heteroatoms. The monoisotopic (exact) mass is 331 g/mol. The molecule has 1 saturated carbocycles. The van der Waals surface area contributed by atoms with Crippen LogP contribution in [0.2, 0.25) is 0 Å². The maximum Gasteiger partial charge on any atom is 0.252 e. The Morgan fingerprint density at radius 3 is 2.83 bits per heavy atom. The molecule has 2 N–H and O–H groups in total. The Hall–Kier alpha value is -1.55. The number of para-hydroxylation sites is 1. The highest BCUT2D eigenvalue weighted by atomic mass is 16.5. The summed E-state index contributed by atoms with van der Waals surface area (Å²) in [4.78, 5) is 12.9. The van der Waals surface area contributed by atoms with E-state index in [9.17, 15) is 9.90 Å². The van der Waals surface area contributed by atoms with Crippen LogP contribution in [0.5, 0.6) is 5.75 Å². The Labute approximate surface area is 144 Å². The van der Waals surface area contributed by atoms with Crippen LogP contribution in [0, 0.1) is 17.8 Å². The van der Waals surface area contributed by atoms with E-state index in [1.165, 1.54) is 0 Å². The Morgan fingerprint density at radius 2 is 2.08 bits per heavy atom. The molecule has 3 unspecified atom stereocenters. The van der Waals surface area contributed by atoms with E-state index in [0.717, 1.165) is 30.6 Å². The van der Waals surface area contributed by atoms with Crippen molar-refractivity contribution >= 4 is 5.91 Å². The average molecular weight is 331 g/mol. The molecule has 1 aromatic carbocycles. The summed E-state index contributed by atoms with van der Waals surface area (Å²) in [6, 6.07) is 7.84. The molecule has 0 spiro atoms. The SMILES string of the molecule is CC1CCC(C(C)C)C(O)(C(=O)N[C@H]2COc3ccccc3C2)C1. The first-order valence-electron chi connectivity index (χ1n) is 9.14. The number of fused-ring (bicyclic) bond motifs is 1. The summed E-state index contributed by atoms with van der Waals surface area (Å²) in [5.74, 6) is 1.36. The Bertz CT molecular complexity index is 600. The third-order valence-electron chi connectivity index (χ3n) is 5.66. The molecule has 0 aromatic heterocycles. The van der Waals surface area contributed by atoms with Crippen molar-refractivity contribution in [3.8, 4) is 5.75 Å². The van der Waals surface area contributed by atoms with Gasteiger partial charge in [-0.2, -0.15) is 0 Å². The quantitative estimate of drug-likeness (QED) is 0.895. The van der Waals surface area contributed by atoms with E-state index in [1.807, 2.05) is 24.3 Å². The smallest absolute Gasteiger partial charge is 0.252 e. The molecule has 4 nitrogen and oxygen atoms in total. The predicted octanol–water partition coefficient (Wildman–Crippen LogP) is 2.93. The van der Waals surface area contributed by atoms with Crippen molar-refractivity contribution < 1.29 is 14.6 Å². The molecule has 0 saturated heterocycles. The van der Waals surface area contributed by atoms with Gasteiger partial charge in [0.15, 0.2) is 0 Å². The maximum absolute atomic E-state index is 12.9. The fourth-order valence-corrected chi connectivity index (χ4v) is 4.36. The summed E-state index contributed by atoms with van der Waals surface area (Å²) in [6.45, 7) is 6.77. The van der Waals surface area contributed by atoms with Crippen molar-refractivity contribution in [2.24, 2.45) is 17.8 Å². The Kier molecular flexibility index (Phi) is 4.86. The lowest BCUT2D eigenvalue weighted by Gasteiger charge is -2.44. The number of rotatable bonds is 3. The van der Waals surface area contributed by atoms with Gasteiger partial charge >= 0.3 is 0 Å².